The van der Waals surface area contributed by atoms with Gasteiger partial charge in [0.25, 0.3) is 0 Å². The second-order valence-corrected chi connectivity index (χ2v) is 3.82. The molecule has 3 N–H and O–H groups in total. The molecule has 0 spiro atoms. The molecule has 0 aliphatic rings. The van der Waals surface area contributed by atoms with Crippen LogP contribution in [0.4, 0.5) is 4.79 Å². The van der Waals surface area contributed by atoms with Crippen molar-refractivity contribution in [3.63, 3.8) is 0 Å². The molecule has 2 atom stereocenters. The van der Waals surface area contributed by atoms with Crippen LogP contribution in [0.1, 0.15) is 26.2 Å². The first-order valence-corrected chi connectivity index (χ1v) is 5.30. The number of halogens is 1. The van der Waals surface area contributed by atoms with E-state index in [0.29, 0.717) is 18.9 Å². The topological polar surface area (TPSA) is 69.6 Å². The van der Waals surface area contributed by atoms with Gasteiger partial charge in [-0.25, -0.2) is 4.79 Å². The van der Waals surface area contributed by atoms with Crippen LogP contribution in [0.3, 0.4) is 0 Å². The number of carboxylic acid groups (broad SMARTS) is 1. The summed E-state index contributed by atoms with van der Waals surface area (Å²) >= 11 is 5.44. The molecular formula is C9H18ClNO3. The Hall–Kier alpha value is -0.480. The molecule has 0 heterocycles. The Kier molecular flexibility index (Phi) is 7.61. The van der Waals surface area contributed by atoms with Gasteiger partial charge in [-0.15, -0.1) is 11.6 Å². The first kappa shape index (κ1) is 13.5. The molecule has 0 bridgehead atoms. The molecule has 5 heteroatoms. The number of rotatable bonds is 7. The Morgan fingerprint density at radius 3 is 2.57 bits per heavy atom. The summed E-state index contributed by atoms with van der Waals surface area (Å²) in [5.41, 5.74) is 0. The highest BCUT2D eigenvalue weighted by molar-refractivity contribution is 6.18. The Morgan fingerprint density at radius 1 is 1.43 bits per heavy atom. The lowest BCUT2D eigenvalue weighted by atomic mass is 10.00. The van der Waals surface area contributed by atoms with Crippen LogP contribution in [0.2, 0.25) is 0 Å². The van der Waals surface area contributed by atoms with Crippen molar-refractivity contribution in [2.24, 2.45) is 5.92 Å². The molecule has 1 unspecified atom stereocenters. The van der Waals surface area contributed by atoms with Crippen LogP contribution < -0.4 is 5.32 Å². The average molecular weight is 224 g/mol. The molecule has 0 aromatic rings. The summed E-state index contributed by atoms with van der Waals surface area (Å²) in [6.45, 7) is 2.50. The minimum atomic E-state index is -0.988. The molecule has 4 nitrogen and oxygen atoms in total. The van der Waals surface area contributed by atoms with Gasteiger partial charge in [-0.3, -0.25) is 0 Å². The maximum atomic E-state index is 10.1. The van der Waals surface area contributed by atoms with E-state index >= 15 is 0 Å². The predicted molar refractivity (Wildman–Crippen MR) is 55.8 cm³/mol. The van der Waals surface area contributed by atoms with Crippen LogP contribution in [0.25, 0.3) is 0 Å². The average Bonchev–Trinajstić information content (AvgIpc) is 2.13. The third kappa shape index (κ3) is 8.13. The summed E-state index contributed by atoms with van der Waals surface area (Å²) in [4.78, 5) is 10.1. The summed E-state index contributed by atoms with van der Waals surface area (Å²) in [6.07, 6.45) is 0.915. The molecule has 0 fully saturated rings. The summed E-state index contributed by atoms with van der Waals surface area (Å²) < 4.78 is 0. The van der Waals surface area contributed by atoms with Crippen LogP contribution in [0.5, 0.6) is 0 Å². The Balaban J connectivity index is 3.36. The molecule has 0 radical (unpaired) electrons. The van der Waals surface area contributed by atoms with Gasteiger partial charge in [-0.1, -0.05) is 6.92 Å². The summed E-state index contributed by atoms with van der Waals surface area (Å²) in [5, 5.41) is 19.8. The maximum Gasteiger partial charge on any atom is 0.404 e. The van der Waals surface area contributed by atoms with E-state index in [2.05, 4.69) is 5.32 Å². The molecular weight excluding hydrogens is 206 g/mol. The fourth-order valence-electron chi connectivity index (χ4n) is 1.12. The van der Waals surface area contributed by atoms with Crippen LogP contribution in [-0.4, -0.2) is 34.8 Å². The zero-order valence-electron chi connectivity index (χ0n) is 8.37. The van der Waals surface area contributed by atoms with E-state index < -0.39 is 12.2 Å². The largest absolute Gasteiger partial charge is 0.465 e. The van der Waals surface area contributed by atoms with E-state index in [1.54, 1.807) is 0 Å². The Morgan fingerprint density at radius 2 is 2.07 bits per heavy atom. The lowest BCUT2D eigenvalue weighted by molar-refractivity contribution is 0.175. The molecule has 0 rings (SSSR count). The zero-order chi connectivity index (χ0) is 11.0. The second kappa shape index (κ2) is 7.88. The second-order valence-electron chi connectivity index (χ2n) is 3.51. The third-order valence-corrected chi connectivity index (χ3v) is 2.44. The first-order valence-electron chi connectivity index (χ1n) is 4.77. The molecule has 0 aliphatic carbocycles. The number of hydrogen-bond donors (Lipinski definition) is 3. The van der Waals surface area contributed by atoms with Gasteiger partial charge in [-0.05, 0) is 25.2 Å². The molecule has 0 aromatic heterocycles. The number of hydrogen-bond acceptors (Lipinski definition) is 2. The van der Waals surface area contributed by atoms with Gasteiger partial charge in [0, 0.05) is 12.4 Å². The molecule has 0 aliphatic heterocycles. The van der Waals surface area contributed by atoms with Gasteiger partial charge in [-0.2, -0.15) is 0 Å². The fourth-order valence-corrected chi connectivity index (χ4v) is 1.28. The van der Waals surface area contributed by atoms with E-state index in [-0.39, 0.29) is 5.88 Å². The van der Waals surface area contributed by atoms with Crippen LogP contribution in [-0.2, 0) is 0 Å². The Labute approximate surface area is 89.3 Å². The number of aliphatic hydroxyl groups excluding tert-OH is 1. The highest BCUT2D eigenvalue weighted by Crippen LogP contribution is 2.11. The SMILES string of the molecule is C[C@@H](CCNC(=O)O)CCC(O)CCl. The van der Waals surface area contributed by atoms with Gasteiger partial charge in [0.2, 0.25) is 0 Å². The molecule has 1 amide bonds. The van der Waals surface area contributed by atoms with Crippen molar-refractivity contribution >= 4 is 17.7 Å². The van der Waals surface area contributed by atoms with Gasteiger partial charge >= 0.3 is 6.09 Å². The van der Waals surface area contributed by atoms with E-state index in [4.69, 9.17) is 16.7 Å². The monoisotopic (exact) mass is 223 g/mol. The minimum absolute atomic E-state index is 0.264. The van der Waals surface area contributed by atoms with Crippen molar-refractivity contribution < 1.29 is 15.0 Å². The van der Waals surface area contributed by atoms with Crippen LogP contribution >= 0.6 is 11.6 Å². The van der Waals surface area contributed by atoms with Gasteiger partial charge in [0.15, 0.2) is 0 Å². The van der Waals surface area contributed by atoms with E-state index in [9.17, 15) is 9.90 Å². The highest BCUT2D eigenvalue weighted by Gasteiger charge is 2.07. The fraction of sp³-hybridized carbons (Fsp3) is 0.889. The molecule has 0 saturated carbocycles. The van der Waals surface area contributed by atoms with Crippen molar-refractivity contribution in [3.8, 4) is 0 Å². The number of nitrogens with one attached hydrogen (secondary N) is 1. The number of carbonyl (C=O) groups is 1. The smallest absolute Gasteiger partial charge is 0.404 e. The van der Waals surface area contributed by atoms with Gasteiger partial charge in [0.1, 0.15) is 0 Å². The lowest BCUT2D eigenvalue weighted by Gasteiger charge is -2.12. The quantitative estimate of drug-likeness (QED) is 0.575. The summed E-state index contributed by atoms with van der Waals surface area (Å²) in [7, 11) is 0. The van der Waals surface area contributed by atoms with Crippen molar-refractivity contribution in [2.45, 2.75) is 32.3 Å². The van der Waals surface area contributed by atoms with Crippen molar-refractivity contribution in [1.82, 2.24) is 5.32 Å². The lowest BCUT2D eigenvalue weighted by Crippen LogP contribution is -2.23. The van der Waals surface area contributed by atoms with Crippen LogP contribution in [0, 0.1) is 5.92 Å². The normalized spacial score (nSPS) is 14.8. The maximum absolute atomic E-state index is 10.1. The zero-order valence-corrected chi connectivity index (χ0v) is 9.13. The molecule has 84 valence electrons. The van der Waals surface area contributed by atoms with Crippen LogP contribution in [0.15, 0.2) is 0 Å². The molecule has 14 heavy (non-hydrogen) atoms. The van der Waals surface area contributed by atoms with Crippen molar-refractivity contribution in [2.75, 3.05) is 12.4 Å². The highest BCUT2D eigenvalue weighted by atomic mass is 35.5. The van der Waals surface area contributed by atoms with E-state index in [1.165, 1.54) is 0 Å². The first-order chi connectivity index (χ1) is 6.56. The van der Waals surface area contributed by atoms with Crippen molar-refractivity contribution in [1.29, 1.82) is 0 Å². The molecule has 0 saturated heterocycles. The summed E-state index contributed by atoms with van der Waals surface area (Å²) in [6, 6.07) is 0. The number of amides is 1. The van der Waals surface area contributed by atoms with Gasteiger partial charge in [0.05, 0.1) is 6.10 Å². The van der Waals surface area contributed by atoms with E-state index in [1.807, 2.05) is 6.92 Å². The number of alkyl halides is 1. The van der Waals surface area contributed by atoms with E-state index in [0.717, 1.165) is 12.8 Å². The third-order valence-electron chi connectivity index (χ3n) is 2.08. The number of aliphatic hydroxyl groups is 1. The minimum Gasteiger partial charge on any atom is -0.465 e. The summed E-state index contributed by atoms with van der Waals surface area (Å²) in [5.74, 6) is 0.666. The Bertz CT molecular complexity index is 166. The van der Waals surface area contributed by atoms with Crippen molar-refractivity contribution in [3.05, 3.63) is 0 Å². The molecule has 0 aromatic carbocycles. The standard InChI is InChI=1S/C9H18ClNO3/c1-7(2-3-8(12)6-10)4-5-11-9(13)14/h7-8,11-12H,2-6H2,1H3,(H,13,14)/t7-,8?/m1/s1. The predicted octanol–water partition coefficient (Wildman–Crippen LogP) is 1.66. The van der Waals surface area contributed by atoms with Gasteiger partial charge < -0.3 is 15.5 Å².